The van der Waals surface area contributed by atoms with Crippen LogP contribution < -0.4 is 36.6 Å². The molecule has 0 radical (unpaired) electrons. The third-order valence-corrected chi connectivity index (χ3v) is 13.0. The van der Waals surface area contributed by atoms with Crippen LogP contribution in [0.2, 0.25) is 0 Å². The maximum Gasteiger partial charge on any atom is 0.263 e. The van der Waals surface area contributed by atoms with Gasteiger partial charge in [0.05, 0.1) is 73.8 Å². The van der Waals surface area contributed by atoms with Crippen molar-refractivity contribution in [2.75, 3.05) is 106 Å². The van der Waals surface area contributed by atoms with Gasteiger partial charge < -0.3 is 35.2 Å². The number of aryl methyl sites for hydroxylation is 3. The van der Waals surface area contributed by atoms with Crippen LogP contribution in [-0.4, -0.2) is 133 Å². The first-order valence-corrected chi connectivity index (χ1v) is 23.5. The van der Waals surface area contributed by atoms with Gasteiger partial charge >= 0.3 is 0 Å². The van der Waals surface area contributed by atoms with E-state index in [0.29, 0.717) is 77.6 Å². The van der Waals surface area contributed by atoms with E-state index >= 15 is 0 Å². The minimum atomic E-state index is -0.365. The quantitative estimate of drug-likeness (QED) is 0.0579. The molecule has 1 aromatic carbocycles. The van der Waals surface area contributed by atoms with E-state index in [4.69, 9.17) is 14.5 Å². The van der Waals surface area contributed by atoms with E-state index in [1.807, 2.05) is 51.0 Å². The van der Waals surface area contributed by atoms with Crippen molar-refractivity contribution < 1.29 is 28.7 Å². The highest BCUT2D eigenvalue weighted by Crippen LogP contribution is 2.32. The van der Waals surface area contributed by atoms with Crippen molar-refractivity contribution in [1.82, 2.24) is 34.7 Å². The summed E-state index contributed by atoms with van der Waals surface area (Å²) in [5.41, 5.74) is 4.38. The maximum absolute atomic E-state index is 13.6. The number of piperazine rings is 1. The van der Waals surface area contributed by atoms with Gasteiger partial charge in [0, 0.05) is 75.0 Å². The second-order valence-corrected chi connectivity index (χ2v) is 18.2. The van der Waals surface area contributed by atoms with Gasteiger partial charge in [0.2, 0.25) is 17.8 Å². The number of rotatable bonds is 20. The standard InChI is InChI=1S/C47H60N12O7S/c1-29-37-27-50-46(54-43(37)59(33-9-7-8-10-33)45(64)42(29)31(3)60)53-39-14-12-35(26-49-39)58-19-17-57(18-20-58)28-41(62)48-16-22-66-24-23-65-21-15-40(61)52-38-13-11-34(56(5)6)25-36(38)44(63)55-47-51-30(2)32(4)67-47/h11-14,25-27,33H,7-10,15-24,28H2,1-6H3,(H,48,62)(H,52,61)(H,51,55,63)(H,49,50,53,54). The van der Waals surface area contributed by atoms with Gasteiger partial charge in [-0.25, -0.2) is 15.0 Å². The third-order valence-electron chi connectivity index (χ3n) is 12.0. The number of benzene rings is 1. The Hall–Kier alpha value is -6.35. The van der Waals surface area contributed by atoms with Crippen molar-refractivity contribution in [3.05, 3.63) is 80.3 Å². The number of Topliss-reactive ketones (excluding diaryl/α,β-unsaturated/α-hetero) is 1. The zero-order valence-electron chi connectivity index (χ0n) is 39.1. The van der Waals surface area contributed by atoms with E-state index in [-0.39, 0.29) is 66.8 Å². The minimum absolute atomic E-state index is 0.00795. The second-order valence-electron chi connectivity index (χ2n) is 17.0. The van der Waals surface area contributed by atoms with Crippen molar-refractivity contribution in [2.24, 2.45) is 0 Å². The van der Waals surface area contributed by atoms with Crippen molar-refractivity contribution in [3.8, 4) is 0 Å². The molecule has 1 saturated carbocycles. The van der Waals surface area contributed by atoms with Gasteiger partial charge in [-0.2, -0.15) is 4.98 Å². The number of ketones is 1. The van der Waals surface area contributed by atoms with E-state index in [9.17, 15) is 24.0 Å². The fourth-order valence-corrected chi connectivity index (χ4v) is 9.06. The topological polar surface area (TPSA) is 218 Å². The molecule has 356 valence electrons. The van der Waals surface area contributed by atoms with Crippen molar-refractivity contribution >= 4 is 79.8 Å². The molecule has 19 nitrogen and oxygen atoms in total. The predicted octanol–water partition coefficient (Wildman–Crippen LogP) is 5.25. The fourth-order valence-electron chi connectivity index (χ4n) is 8.25. The predicted molar refractivity (Wildman–Crippen MR) is 260 cm³/mol. The van der Waals surface area contributed by atoms with Gasteiger partial charge in [-0.3, -0.25) is 38.8 Å². The molecule has 1 aliphatic carbocycles. The van der Waals surface area contributed by atoms with Crippen molar-refractivity contribution in [3.63, 3.8) is 0 Å². The van der Waals surface area contributed by atoms with Gasteiger partial charge in [-0.1, -0.05) is 12.8 Å². The lowest BCUT2D eigenvalue weighted by Crippen LogP contribution is -2.49. The van der Waals surface area contributed by atoms with Crippen molar-refractivity contribution in [1.29, 1.82) is 0 Å². The summed E-state index contributed by atoms with van der Waals surface area (Å²) >= 11 is 1.40. The van der Waals surface area contributed by atoms with Crippen LogP contribution in [0.3, 0.4) is 0 Å². The molecule has 2 aliphatic rings. The maximum atomic E-state index is 13.6. The molecule has 20 heteroatoms. The number of carbonyl (C=O) groups is 4. The number of carbonyl (C=O) groups excluding carboxylic acids is 4. The molecule has 3 amide bonds. The Morgan fingerprint density at radius 3 is 2.28 bits per heavy atom. The number of hydrogen-bond acceptors (Lipinski definition) is 16. The molecule has 0 bridgehead atoms. The second kappa shape index (κ2) is 22.4. The summed E-state index contributed by atoms with van der Waals surface area (Å²) in [7, 11) is 3.75. The number of nitrogens with zero attached hydrogens (tertiary/aromatic N) is 8. The average Bonchev–Trinajstić information content (AvgIpc) is 3.94. The van der Waals surface area contributed by atoms with E-state index in [1.165, 1.54) is 18.3 Å². The Morgan fingerprint density at radius 2 is 1.61 bits per heavy atom. The first-order chi connectivity index (χ1) is 32.2. The Labute approximate surface area is 393 Å². The molecule has 5 aromatic rings. The summed E-state index contributed by atoms with van der Waals surface area (Å²) in [6.07, 6.45) is 7.34. The summed E-state index contributed by atoms with van der Waals surface area (Å²) in [6.45, 7) is 11.7. The van der Waals surface area contributed by atoms with Crippen LogP contribution in [-0.2, 0) is 19.1 Å². The smallest absolute Gasteiger partial charge is 0.263 e. The Morgan fingerprint density at radius 1 is 0.866 bits per heavy atom. The summed E-state index contributed by atoms with van der Waals surface area (Å²) in [5, 5.41) is 13.0. The number of aromatic nitrogens is 5. The van der Waals surface area contributed by atoms with Crippen LogP contribution in [0.15, 0.2) is 47.5 Å². The molecule has 0 spiro atoms. The lowest BCUT2D eigenvalue weighted by Gasteiger charge is -2.35. The molecule has 0 unspecified atom stereocenters. The summed E-state index contributed by atoms with van der Waals surface area (Å²) < 4.78 is 12.9. The zero-order valence-corrected chi connectivity index (χ0v) is 39.9. The van der Waals surface area contributed by atoms with Crippen LogP contribution in [0.4, 0.5) is 34.0 Å². The molecule has 1 saturated heterocycles. The van der Waals surface area contributed by atoms with Crippen LogP contribution in [0.1, 0.15) is 81.9 Å². The van der Waals surface area contributed by atoms with Gasteiger partial charge in [0.15, 0.2) is 10.9 Å². The molecule has 2 fully saturated rings. The number of nitrogens with one attached hydrogen (secondary N) is 4. The highest BCUT2D eigenvalue weighted by molar-refractivity contribution is 7.15. The van der Waals surface area contributed by atoms with Gasteiger partial charge in [0.1, 0.15) is 11.5 Å². The molecule has 7 rings (SSSR count). The van der Waals surface area contributed by atoms with Gasteiger partial charge in [-0.15, -0.1) is 11.3 Å². The monoisotopic (exact) mass is 936 g/mol. The first-order valence-electron chi connectivity index (χ1n) is 22.7. The number of anilines is 6. The molecule has 4 aromatic heterocycles. The normalized spacial score (nSPS) is 14.3. The molecule has 67 heavy (non-hydrogen) atoms. The van der Waals surface area contributed by atoms with E-state index in [0.717, 1.165) is 60.7 Å². The number of fused-ring (bicyclic) bond motifs is 1. The zero-order chi connectivity index (χ0) is 47.6. The minimum Gasteiger partial charge on any atom is -0.379 e. The summed E-state index contributed by atoms with van der Waals surface area (Å²) in [4.78, 5) is 90.3. The van der Waals surface area contributed by atoms with Crippen LogP contribution in [0.25, 0.3) is 11.0 Å². The molecule has 1 aliphatic heterocycles. The lowest BCUT2D eigenvalue weighted by molar-refractivity contribution is -0.122. The highest BCUT2D eigenvalue weighted by atomic mass is 32.1. The van der Waals surface area contributed by atoms with E-state index < -0.39 is 0 Å². The average molecular weight is 937 g/mol. The number of thiazole rings is 1. The largest absolute Gasteiger partial charge is 0.379 e. The van der Waals surface area contributed by atoms with Crippen LogP contribution >= 0.6 is 11.3 Å². The van der Waals surface area contributed by atoms with Crippen LogP contribution in [0.5, 0.6) is 0 Å². The number of amides is 3. The van der Waals surface area contributed by atoms with E-state index in [2.05, 4.69) is 46.0 Å². The van der Waals surface area contributed by atoms with E-state index in [1.54, 1.807) is 36.0 Å². The Kier molecular flexibility index (Phi) is 16.3. The molecule has 5 heterocycles. The number of ether oxygens (including phenoxy) is 2. The first kappa shape index (κ1) is 48.6. The molecular formula is C47H60N12O7S. The van der Waals surface area contributed by atoms with Crippen molar-refractivity contribution in [2.45, 2.75) is 65.8 Å². The summed E-state index contributed by atoms with van der Waals surface area (Å²) in [5.74, 6) is -0.114. The van der Waals surface area contributed by atoms with Gasteiger partial charge in [-0.05, 0) is 76.4 Å². The van der Waals surface area contributed by atoms with Gasteiger partial charge in [0.25, 0.3) is 11.5 Å². The molecule has 0 atom stereocenters. The lowest BCUT2D eigenvalue weighted by atomic mass is 10.0. The third kappa shape index (κ3) is 12.4. The highest BCUT2D eigenvalue weighted by Gasteiger charge is 2.26. The fraction of sp³-hybridized carbons (Fsp3) is 0.468. The SMILES string of the molecule is CC(=O)c1c(C)c2cnc(Nc3ccc(N4CCN(CC(=O)NCCOCCOCCC(=O)Nc5ccc(N(C)C)cc5C(=O)Nc5nc(C)c(C)s5)CC4)cn3)nc2n(C2CCCC2)c1=O. The Balaban J connectivity index is 0.772. The number of pyridine rings is 2. The Bertz CT molecular complexity index is 2620. The number of hydrogen-bond donors (Lipinski definition) is 4. The summed E-state index contributed by atoms with van der Waals surface area (Å²) in [6, 6.07) is 9.11. The van der Waals surface area contributed by atoms with Crippen LogP contribution in [0, 0.1) is 20.8 Å². The molecular weight excluding hydrogens is 877 g/mol. The molecule has 4 N–H and O–H groups in total.